The number of rotatable bonds is 7. The van der Waals surface area contributed by atoms with Crippen LogP contribution in [0.4, 0.5) is 0 Å². The van der Waals surface area contributed by atoms with Crippen molar-refractivity contribution in [1.29, 1.82) is 0 Å². The zero-order valence-corrected chi connectivity index (χ0v) is 12.2. The second-order valence-electron chi connectivity index (χ2n) is 4.45. The molecule has 0 saturated carbocycles. The maximum absolute atomic E-state index is 5.86. The first-order valence-corrected chi connectivity index (χ1v) is 6.57. The van der Waals surface area contributed by atoms with Gasteiger partial charge in [-0.15, -0.1) is 0 Å². The Bertz CT molecular complexity index is 362. The van der Waals surface area contributed by atoms with E-state index in [-0.39, 0.29) is 0 Å². The maximum atomic E-state index is 5.86. The van der Waals surface area contributed by atoms with Gasteiger partial charge in [-0.3, -0.25) is 4.99 Å². The quantitative estimate of drug-likeness (QED) is 0.536. The van der Waals surface area contributed by atoms with Crippen LogP contribution >= 0.6 is 0 Å². The Morgan fingerprint density at radius 3 is 2.33 bits per heavy atom. The van der Waals surface area contributed by atoms with E-state index in [1.807, 2.05) is 6.92 Å². The molecule has 0 aliphatic heterocycles. The summed E-state index contributed by atoms with van der Waals surface area (Å²) in [5.74, 6) is 0.422. The van der Waals surface area contributed by atoms with Crippen molar-refractivity contribution >= 4 is 6.21 Å². The fourth-order valence-electron chi connectivity index (χ4n) is 1.79. The molecule has 4 N–H and O–H groups in total. The molecule has 0 fully saturated rings. The van der Waals surface area contributed by atoms with E-state index < -0.39 is 0 Å². The van der Waals surface area contributed by atoms with Crippen LogP contribution in [0.2, 0.25) is 0 Å². The molecule has 0 aliphatic rings. The van der Waals surface area contributed by atoms with E-state index >= 15 is 0 Å². The Labute approximate surface area is 111 Å². The third-order valence-corrected chi connectivity index (χ3v) is 3.18. The van der Waals surface area contributed by atoms with Gasteiger partial charge in [-0.2, -0.15) is 0 Å². The van der Waals surface area contributed by atoms with Gasteiger partial charge in [0.1, 0.15) is 0 Å². The minimum Gasteiger partial charge on any atom is -0.405 e. The standard InChI is InChI=1S/C15H27N3/c1-6-11(4)14(9-13(7-2)10-16)15(12(5)17)18-8-3/h8,10-11H,5-7,9,16-17H2,1-4H3/b13-10-,15-14-,18-8?. The Morgan fingerprint density at radius 2 is 2.00 bits per heavy atom. The number of hydrogen-bond acceptors (Lipinski definition) is 3. The number of allylic oxidation sites excluding steroid dienone is 2. The highest BCUT2D eigenvalue weighted by Crippen LogP contribution is 2.28. The Balaban J connectivity index is 5.56. The number of nitrogens with two attached hydrogens (primary N) is 2. The van der Waals surface area contributed by atoms with E-state index in [9.17, 15) is 0 Å². The second kappa shape index (κ2) is 8.56. The summed E-state index contributed by atoms with van der Waals surface area (Å²) >= 11 is 0. The molecule has 0 aliphatic carbocycles. The van der Waals surface area contributed by atoms with E-state index in [2.05, 4.69) is 32.3 Å². The topological polar surface area (TPSA) is 64.4 Å². The van der Waals surface area contributed by atoms with Gasteiger partial charge in [0.2, 0.25) is 0 Å². The lowest BCUT2D eigenvalue weighted by Gasteiger charge is -2.19. The molecule has 0 rings (SSSR count). The molecule has 3 nitrogen and oxygen atoms in total. The van der Waals surface area contributed by atoms with Gasteiger partial charge in [0.25, 0.3) is 0 Å². The molecule has 0 bridgehead atoms. The molecule has 3 heteroatoms. The van der Waals surface area contributed by atoms with E-state index in [1.54, 1.807) is 12.4 Å². The number of aliphatic imine (C=N–C) groups is 1. The summed E-state index contributed by atoms with van der Waals surface area (Å²) < 4.78 is 0. The minimum atomic E-state index is 0.422. The van der Waals surface area contributed by atoms with Crippen LogP contribution in [-0.4, -0.2) is 6.21 Å². The first kappa shape index (κ1) is 16.5. The van der Waals surface area contributed by atoms with Crippen molar-refractivity contribution in [1.82, 2.24) is 0 Å². The van der Waals surface area contributed by atoms with Crippen molar-refractivity contribution in [2.24, 2.45) is 22.4 Å². The van der Waals surface area contributed by atoms with Crippen LogP contribution in [0.15, 0.2) is 40.3 Å². The van der Waals surface area contributed by atoms with Gasteiger partial charge in [-0.25, -0.2) is 0 Å². The molecule has 0 aromatic heterocycles. The summed E-state index contributed by atoms with van der Waals surface area (Å²) in [4.78, 5) is 4.38. The van der Waals surface area contributed by atoms with Crippen LogP contribution in [-0.2, 0) is 0 Å². The molecule has 0 saturated heterocycles. The third kappa shape index (κ3) is 4.78. The molecule has 18 heavy (non-hydrogen) atoms. The molecule has 0 heterocycles. The molecule has 102 valence electrons. The van der Waals surface area contributed by atoms with Crippen LogP contribution in [0.1, 0.15) is 47.0 Å². The lowest BCUT2D eigenvalue weighted by Crippen LogP contribution is -2.09. The summed E-state index contributed by atoms with van der Waals surface area (Å²) in [6, 6.07) is 0. The zero-order valence-electron chi connectivity index (χ0n) is 12.2. The van der Waals surface area contributed by atoms with Gasteiger partial charge in [-0.05, 0) is 43.9 Å². The fourth-order valence-corrected chi connectivity index (χ4v) is 1.79. The molecule has 1 atom stereocenters. The van der Waals surface area contributed by atoms with Gasteiger partial charge >= 0.3 is 0 Å². The maximum Gasteiger partial charge on any atom is 0.0846 e. The molecule has 0 aromatic carbocycles. The molecule has 0 amide bonds. The van der Waals surface area contributed by atoms with Crippen molar-refractivity contribution in [3.05, 3.63) is 35.3 Å². The third-order valence-electron chi connectivity index (χ3n) is 3.18. The highest BCUT2D eigenvalue weighted by atomic mass is 14.8. The van der Waals surface area contributed by atoms with E-state index in [0.29, 0.717) is 11.6 Å². The minimum absolute atomic E-state index is 0.422. The van der Waals surface area contributed by atoms with Gasteiger partial charge in [-0.1, -0.05) is 32.9 Å². The average molecular weight is 249 g/mol. The predicted molar refractivity (Wildman–Crippen MR) is 81.2 cm³/mol. The summed E-state index contributed by atoms with van der Waals surface area (Å²) in [5.41, 5.74) is 15.3. The van der Waals surface area contributed by atoms with Crippen LogP contribution < -0.4 is 11.5 Å². The molecular formula is C15H27N3. The summed E-state index contributed by atoms with van der Waals surface area (Å²) in [5, 5.41) is 0. The van der Waals surface area contributed by atoms with E-state index in [1.165, 1.54) is 11.1 Å². The van der Waals surface area contributed by atoms with Crippen LogP contribution in [0, 0.1) is 5.92 Å². The normalized spacial score (nSPS) is 15.7. The van der Waals surface area contributed by atoms with Crippen molar-refractivity contribution in [3.8, 4) is 0 Å². The Kier molecular flexibility index (Phi) is 7.84. The van der Waals surface area contributed by atoms with Crippen molar-refractivity contribution in [2.45, 2.75) is 47.0 Å². The molecule has 0 radical (unpaired) electrons. The van der Waals surface area contributed by atoms with Crippen LogP contribution in [0.25, 0.3) is 0 Å². The molecule has 0 aromatic rings. The largest absolute Gasteiger partial charge is 0.405 e. The molecular weight excluding hydrogens is 222 g/mol. The number of nitrogens with zero attached hydrogens (tertiary/aromatic N) is 1. The predicted octanol–water partition coefficient (Wildman–Crippen LogP) is 3.49. The number of hydrogen-bond donors (Lipinski definition) is 2. The van der Waals surface area contributed by atoms with Gasteiger partial charge in [0, 0.05) is 6.21 Å². The van der Waals surface area contributed by atoms with Crippen LogP contribution in [0.3, 0.4) is 0 Å². The second-order valence-corrected chi connectivity index (χ2v) is 4.45. The average Bonchev–Trinajstić information content (AvgIpc) is 2.37. The first-order chi connectivity index (χ1) is 8.51. The zero-order chi connectivity index (χ0) is 14.1. The van der Waals surface area contributed by atoms with Crippen molar-refractivity contribution < 1.29 is 0 Å². The SMILES string of the molecule is C=C(N)/C(N=CC)=C(\C/C(=C\N)CC)C(C)CC. The fraction of sp³-hybridized carbons (Fsp3) is 0.533. The highest BCUT2D eigenvalue weighted by molar-refractivity contribution is 5.57. The lowest BCUT2D eigenvalue weighted by atomic mass is 9.89. The smallest absolute Gasteiger partial charge is 0.0846 e. The van der Waals surface area contributed by atoms with Gasteiger partial charge < -0.3 is 11.5 Å². The Hall–Kier alpha value is -1.51. The van der Waals surface area contributed by atoms with Gasteiger partial charge in [0.05, 0.1) is 11.4 Å². The first-order valence-electron chi connectivity index (χ1n) is 6.57. The molecule has 1 unspecified atom stereocenters. The molecule has 0 spiro atoms. The van der Waals surface area contributed by atoms with Crippen molar-refractivity contribution in [3.63, 3.8) is 0 Å². The summed E-state index contributed by atoms with van der Waals surface area (Å²) in [7, 11) is 0. The lowest BCUT2D eigenvalue weighted by molar-refractivity contribution is 0.626. The van der Waals surface area contributed by atoms with Crippen molar-refractivity contribution in [2.75, 3.05) is 0 Å². The monoisotopic (exact) mass is 249 g/mol. The Morgan fingerprint density at radius 1 is 1.39 bits per heavy atom. The van der Waals surface area contributed by atoms with E-state index in [0.717, 1.165) is 25.0 Å². The van der Waals surface area contributed by atoms with Crippen LogP contribution in [0.5, 0.6) is 0 Å². The summed E-state index contributed by atoms with van der Waals surface area (Å²) in [6.45, 7) is 12.2. The van der Waals surface area contributed by atoms with E-state index in [4.69, 9.17) is 11.5 Å². The van der Waals surface area contributed by atoms with Gasteiger partial charge in [0.15, 0.2) is 0 Å². The highest BCUT2D eigenvalue weighted by Gasteiger charge is 2.15. The summed E-state index contributed by atoms with van der Waals surface area (Å²) in [6.07, 6.45) is 6.26.